The summed E-state index contributed by atoms with van der Waals surface area (Å²) in [6.07, 6.45) is 3.16. The fourth-order valence-electron chi connectivity index (χ4n) is 3.29. The summed E-state index contributed by atoms with van der Waals surface area (Å²) in [5, 5.41) is 11.5. The molecule has 3 N–H and O–H groups in total. The molecule has 7 nitrogen and oxygen atoms in total. The summed E-state index contributed by atoms with van der Waals surface area (Å²) < 4.78 is 11.7. The second kappa shape index (κ2) is 14.3. The number of amides is 1. The van der Waals surface area contributed by atoms with Gasteiger partial charge in [0.25, 0.3) is 5.91 Å². The number of carbonyl (C=O) groups excluding carboxylic acids is 1. The van der Waals surface area contributed by atoms with Crippen molar-refractivity contribution in [3.8, 4) is 5.75 Å². The van der Waals surface area contributed by atoms with E-state index in [1.54, 1.807) is 7.05 Å². The van der Waals surface area contributed by atoms with E-state index in [-0.39, 0.29) is 36.0 Å². The molecule has 2 aromatic rings. The Labute approximate surface area is 211 Å². The molecule has 0 radical (unpaired) electrons. The van der Waals surface area contributed by atoms with Crippen LogP contribution in [0, 0.1) is 6.92 Å². The highest BCUT2D eigenvalue weighted by atomic mass is 127. The number of rotatable bonds is 10. The Hall–Kier alpha value is -1.85. The van der Waals surface area contributed by atoms with Crippen molar-refractivity contribution >= 4 is 47.2 Å². The fraction of sp³-hybridized carbons (Fsp3) is 0.478. The summed E-state index contributed by atoms with van der Waals surface area (Å²) in [6, 6.07) is 9.94. The summed E-state index contributed by atoms with van der Waals surface area (Å²) >= 11 is 1.45. The lowest BCUT2D eigenvalue weighted by Gasteiger charge is -2.17. The maximum absolute atomic E-state index is 11.9. The van der Waals surface area contributed by atoms with Crippen molar-refractivity contribution < 1.29 is 14.3 Å². The number of guanidine groups is 1. The zero-order valence-electron chi connectivity index (χ0n) is 18.7. The molecule has 0 aliphatic carbocycles. The monoisotopic (exact) mass is 572 g/mol. The number of nitrogens with one attached hydrogen (secondary N) is 3. The van der Waals surface area contributed by atoms with Gasteiger partial charge in [0, 0.05) is 38.9 Å². The predicted octanol–water partition coefficient (Wildman–Crippen LogP) is 3.72. The third-order valence-electron chi connectivity index (χ3n) is 5.02. The number of hydrogen-bond acceptors (Lipinski definition) is 5. The van der Waals surface area contributed by atoms with Gasteiger partial charge >= 0.3 is 0 Å². The van der Waals surface area contributed by atoms with E-state index in [9.17, 15) is 4.79 Å². The molecule has 9 heteroatoms. The van der Waals surface area contributed by atoms with Crippen LogP contribution in [0.25, 0.3) is 0 Å². The molecule has 1 aliphatic rings. The second-order valence-electron chi connectivity index (χ2n) is 7.50. The molecule has 0 saturated carbocycles. The minimum atomic E-state index is -0.0209. The van der Waals surface area contributed by atoms with Crippen molar-refractivity contribution in [2.75, 3.05) is 33.4 Å². The first-order valence-corrected chi connectivity index (χ1v) is 11.6. The molecule has 1 saturated heterocycles. The van der Waals surface area contributed by atoms with Gasteiger partial charge in [0.1, 0.15) is 12.4 Å². The summed E-state index contributed by atoms with van der Waals surface area (Å²) in [6.45, 7) is 5.40. The van der Waals surface area contributed by atoms with Crippen molar-refractivity contribution in [3.63, 3.8) is 0 Å². The number of ether oxygens (including phenoxy) is 2. The minimum Gasteiger partial charge on any atom is -0.491 e. The smallest absolute Gasteiger partial charge is 0.261 e. The molecular weight excluding hydrogens is 539 g/mol. The third kappa shape index (κ3) is 8.59. The van der Waals surface area contributed by atoms with E-state index in [4.69, 9.17) is 9.47 Å². The van der Waals surface area contributed by atoms with E-state index < -0.39 is 0 Å². The number of halogens is 1. The Balaban J connectivity index is 0.00000363. The van der Waals surface area contributed by atoms with Crippen LogP contribution in [0.2, 0.25) is 0 Å². The van der Waals surface area contributed by atoms with Crippen LogP contribution in [-0.4, -0.2) is 51.3 Å². The van der Waals surface area contributed by atoms with Crippen LogP contribution in [0.4, 0.5) is 0 Å². The Morgan fingerprint density at radius 3 is 2.81 bits per heavy atom. The maximum atomic E-state index is 11.9. The highest BCUT2D eigenvalue weighted by Crippen LogP contribution is 2.22. The first-order valence-electron chi connectivity index (χ1n) is 10.8. The van der Waals surface area contributed by atoms with Gasteiger partial charge in [0.2, 0.25) is 0 Å². The van der Waals surface area contributed by atoms with Gasteiger partial charge in [0.05, 0.1) is 11.0 Å². The number of nitrogens with zero attached hydrogens (tertiary/aromatic N) is 1. The molecule has 1 fully saturated rings. The zero-order chi connectivity index (χ0) is 21.9. The second-order valence-corrected chi connectivity index (χ2v) is 8.44. The maximum Gasteiger partial charge on any atom is 0.261 e. The van der Waals surface area contributed by atoms with Gasteiger partial charge in [-0.05, 0) is 49.3 Å². The Morgan fingerprint density at radius 2 is 2.09 bits per heavy atom. The molecule has 0 bridgehead atoms. The Bertz CT molecular complexity index is 855. The molecule has 2 heterocycles. The molecular formula is C23H33IN4O3S. The lowest BCUT2D eigenvalue weighted by Crippen LogP contribution is -2.38. The van der Waals surface area contributed by atoms with Crippen LogP contribution in [0.5, 0.6) is 5.75 Å². The van der Waals surface area contributed by atoms with Crippen molar-refractivity contribution in [2.24, 2.45) is 4.99 Å². The Morgan fingerprint density at radius 1 is 1.25 bits per heavy atom. The first kappa shape index (κ1) is 26.4. The first-order chi connectivity index (χ1) is 15.2. The number of aliphatic imine (C=N–C) groups is 1. The molecule has 1 aliphatic heterocycles. The highest BCUT2D eigenvalue weighted by Gasteiger charge is 2.17. The van der Waals surface area contributed by atoms with Crippen molar-refractivity contribution in [2.45, 2.75) is 38.8 Å². The van der Waals surface area contributed by atoms with Crippen LogP contribution in [0.15, 0.2) is 40.7 Å². The van der Waals surface area contributed by atoms with Crippen LogP contribution in [-0.2, 0) is 11.3 Å². The molecule has 1 aromatic heterocycles. The molecule has 1 amide bonds. The van der Waals surface area contributed by atoms with Crippen molar-refractivity contribution in [1.29, 1.82) is 0 Å². The molecule has 3 rings (SSSR count). The third-order valence-corrected chi connectivity index (χ3v) is 5.89. The summed E-state index contributed by atoms with van der Waals surface area (Å²) in [5.41, 5.74) is 2.24. The normalized spacial score (nSPS) is 15.7. The largest absolute Gasteiger partial charge is 0.491 e. The van der Waals surface area contributed by atoms with Crippen LogP contribution in [0.1, 0.15) is 40.1 Å². The number of hydrogen-bond donors (Lipinski definition) is 3. The predicted molar refractivity (Wildman–Crippen MR) is 141 cm³/mol. The lowest BCUT2D eigenvalue weighted by molar-refractivity contribution is 0.0676. The fourth-order valence-corrected chi connectivity index (χ4v) is 3.93. The average Bonchev–Trinajstić information content (AvgIpc) is 3.49. The zero-order valence-corrected chi connectivity index (χ0v) is 21.8. The molecule has 1 unspecified atom stereocenters. The van der Waals surface area contributed by atoms with Crippen molar-refractivity contribution in [1.82, 2.24) is 16.0 Å². The van der Waals surface area contributed by atoms with Crippen molar-refractivity contribution in [3.05, 3.63) is 51.7 Å². The molecule has 1 aromatic carbocycles. The minimum absolute atomic E-state index is 0. The number of aryl methyl sites for hydroxylation is 1. The van der Waals surface area contributed by atoms with E-state index in [0.717, 1.165) is 53.6 Å². The van der Waals surface area contributed by atoms with Gasteiger partial charge in [0.15, 0.2) is 5.96 Å². The van der Waals surface area contributed by atoms with E-state index in [2.05, 4.69) is 46.1 Å². The van der Waals surface area contributed by atoms with Gasteiger partial charge in [-0.1, -0.05) is 18.2 Å². The summed E-state index contributed by atoms with van der Waals surface area (Å²) in [5.74, 6) is 1.58. The van der Waals surface area contributed by atoms with Gasteiger partial charge < -0.3 is 25.4 Å². The molecule has 1 atom stereocenters. The highest BCUT2D eigenvalue weighted by molar-refractivity contribution is 14.0. The molecule has 176 valence electrons. The van der Waals surface area contributed by atoms with Crippen LogP contribution in [0.3, 0.4) is 0 Å². The number of benzene rings is 1. The number of thiophene rings is 1. The topological polar surface area (TPSA) is 84.0 Å². The van der Waals surface area contributed by atoms with Gasteiger partial charge in [-0.15, -0.1) is 35.3 Å². The van der Waals surface area contributed by atoms with Crippen LogP contribution < -0.4 is 20.7 Å². The quantitative estimate of drug-likeness (QED) is 0.175. The van der Waals surface area contributed by atoms with E-state index in [1.165, 1.54) is 11.3 Å². The number of carbonyl (C=O) groups is 1. The van der Waals surface area contributed by atoms with Gasteiger partial charge in [-0.3, -0.25) is 9.79 Å². The lowest BCUT2D eigenvalue weighted by atomic mass is 10.1. The van der Waals surface area contributed by atoms with E-state index in [0.29, 0.717) is 26.2 Å². The van der Waals surface area contributed by atoms with Crippen LogP contribution >= 0.6 is 35.3 Å². The Kier molecular flexibility index (Phi) is 11.8. The molecule has 0 spiro atoms. The standard InChI is InChI=1S/C23H32N4O3S.HI/c1-17-8-9-18(20(14-17)30-16-19-6-3-12-29-19)15-27-23(24-2)26-11-5-10-25-22(28)21-7-4-13-31-21;/h4,7-9,13-14,19H,3,5-6,10-12,15-16H2,1-2H3,(H,25,28)(H2,24,26,27);1H. The van der Waals surface area contributed by atoms with E-state index in [1.807, 2.05) is 17.5 Å². The SMILES string of the molecule is CN=C(NCCCNC(=O)c1cccs1)NCc1ccc(C)cc1OCC1CCCO1.I. The average molecular weight is 573 g/mol. The summed E-state index contributed by atoms with van der Waals surface area (Å²) in [7, 11) is 1.75. The van der Waals surface area contributed by atoms with E-state index >= 15 is 0 Å². The van der Waals surface area contributed by atoms with Gasteiger partial charge in [-0.2, -0.15) is 0 Å². The summed E-state index contributed by atoms with van der Waals surface area (Å²) in [4.78, 5) is 17.0. The molecule has 32 heavy (non-hydrogen) atoms. The van der Waals surface area contributed by atoms with Gasteiger partial charge in [-0.25, -0.2) is 0 Å².